The van der Waals surface area contributed by atoms with Gasteiger partial charge in [0.05, 0.1) is 0 Å². The van der Waals surface area contributed by atoms with Crippen molar-refractivity contribution in [1.82, 2.24) is 0 Å². The zero-order valence-corrected chi connectivity index (χ0v) is 12.2. The number of benzene rings is 3. The fourth-order valence-corrected chi connectivity index (χ4v) is 2.42. The Kier molecular flexibility index (Phi) is 3.62. The first-order chi connectivity index (χ1) is 11.0. The molecule has 0 spiro atoms. The molecule has 0 unspecified atom stereocenters. The maximum absolute atomic E-state index is 13.2. The molecule has 0 saturated heterocycles. The average Bonchev–Trinajstić information content (AvgIpc) is 2.52. The molecule has 116 valence electrons. The lowest BCUT2D eigenvalue weighted by molar-refractivity contribution is 0.0693. The number of halogens is 1. The van der Waals surface area contributed by atoms with Crippen molar-refractivity contribution in [3.8, 4) is 17.2 Å². The predicted octanol–water partition coefficient (Wildman–Crippen LogP) is 4.48. The molecular weight excluding hydrogens is 299 g/mol. The van der Waals surface area contributed by atoms with E-state index in [-0.39, 0.29) is 22.9 Å². The van der Waals surface area contributed by atoms with E-state index in [0.717, 1.165) is 0 Å². The molecular formula is C18H13FO4. The Labute approximate surface area is 131 Å². The zero-order valence-electron chi connectivity index (χ0n) is 12.2. The third kappa shape index (κ3) is 2.68. The monoisotopic (exact) mass is 312 g/mol. The van der Waals surface area contributed by atoms with Gasteiger partial charge in [-0.15, -0.1) is 0 Å². The minimum Gasteiger partial charge on any atom is -0.506 e. The van der Waals surface area contributed by atoms with E-state index in [9.17, 15) is 19.4 Å². The first kappa shape index (κ1) is 14.8. The van der Waals surface area contributed by atoms with Gasteiger partial charge in [-0.3, -0.25) is 0 Å². The van der Waals surface area contributed by atoms with Crippen LogP contribution in [0, 0.1) is 12.7 Å². The Balaban J connectivity index is 2.20. The van der Waals surface area contributed by atoms with Gasteiger partial charge in [0.2, 0.25) is 0 Å². The Morgan fingerprint density at radius 2 is 1.74 bits per heavy atom. The summed E-state index contributed by atoms with van der Waals surface area (Å²) in [5, 5.41) is 20.3. The van der Waals surface area contributed by atoms with E-state index in [1.807, 2.05) is 0 Å². The highest BCUT2D eigenvalue weighted by Crippen LogP contribution is 2.38. The highest BCUT2D eigenvalue weighted by atomic mass is 19.1. The lowest BCUT2D eigenvalue weighted by Crippen LogP contribution is -1.99. The first-order valence-corrected chi connectivity index (χ1v) is 6.89. The fourth-order valence-electron chi connectivity index (χ4n) is 2.42. The number of aromatic hydroxyl groups is 1. The van der Waals surface area contributed by atoms with Gasteiger partial charge in [0.25, 0.3) is 0 Å². The van der Waals surface area contributed by atoms with Crippen molar-refractivity contribution < 1.29 is 24.1 Å². The van der Waals surface area contributed by atoms with Crippen LogP contribution in [-0.2, 0) is 0 Å². The molecule has 0 aliphatic rings. The van der Waals surface area contributed by atoms with Crippen molar-refractivity contribution in [1.29, 1.82) is 0 Å². The van der Waals surface area contributed by atoms with Crippen LogP contribution in [0.2, 0.25) is 0 Å². The molecule has 0 saturated carbocycles. The predicted molar refractivity (Wildman–Crippen MR) is 83.8 cm³/mol. The normalized spacial score (nSPS) is 10.7. The molecule has 0 aliphatic heterocycles. The molecule has 0 aromatic heterocycles. The van der Waals surface area contributed by atoms with Gasteiger partial charge < -0.3 is 14.9 Å². The van der Waals surface area contributed by atoms with Crippen molar-refractivity contribution >= 4 is 16.7 Å². The van der Waals surface area contributed by atoms with Crippen molar-refractivity contribution in [2.45, 2.75) is 6.92 Å². The Morgan fingerprint density at radius 3 is 2.39 bits per heavy atom. The number of carbonyl (C=O) groups is 1. The summed E-state index contributed by atoms with van der Waals surface area (Å²) < 4.78 is 19.0. The number of rotatable bonds is 3. The van der Waals surface area contributed by atoms with E-state index in [4.69, 9.17) is 4.74 Å². The number of carboxylic acid groups (broad SMARTS) is 1. The Morgan fingerprint density at radius 1 is 1.04 bits per heavy atom. The standard InChI is InChI=1S/C18H13FO4/c1-10-8-11(19)6-7-15(10)23-16-9-14(18(21)22)17(20)13-5-3-2-4-12(13)16/h2-9,20H,1H3,(H,21,22). The molecule has 4 nitrogen and oxygen atoms in total. The molecule has 0 heterocycles. The number of hydrogen-bond donors (Lipinski definition) is 2. The van der Waals surface area contributed by atoms with Crippen LogP contribution in [-0.4, -0.2) is 16.2 Å². The zero-order chi connectivity index (χ0) is 16.6. The fraction of sp³-hybridized carbons (Fsp3) is 0.0556. The van der Waals surface area contributed by atoms with E-state index in [0.29, 0.717) is 22.1 Å². The van der Waals surface area contributed by atoms with E-state index in [1.54, 1.807) is 31.2 Å². The van der Waals surface area contributed by atoms with Gasteiger partial charge in [0.15, 0.2) is 0 Å². The van der Waals surface area contributed by atoms with Crippen molar-refractivity contribution in [2.75, 3.05) is 0 Å². The van der Waals surface area contributed by atoms with Gasteiger partial charge in [-0.1, -0.05) is 24.3 Å². The van der Waals surface area contributed by atoms with Gasteiger partial charge >= 0.3 is 5.97 Å². The maximum Gasteiger partial charge on any atom is 0.339 e. The first-order valence-electron chi connectivity index (χ1n) is 6.89. The van der Waals surface area contributed by atoms with Gasteiger partial charge in [0, 0.05) is 10.8 Å². The van der Waals surface area contributed by atoms with Crippen LogP contribution in [0.4, 0.5) is 4.39 Å². The summed E-state index contributed by atoms with van der Waals surface area (Å²) in [5.74, 6) is -1.24. The largest absolute Gasteiger partial charge is 0.506 e. The van der Waals surface area contributed by atoms with Gasteiger partial charge in [0.1, 0.15) is 28.6 Å². The van der Waals surface area contributed by atoms with Crippen molar-refractivity contribution in [3.05, 3.63) is 65.5 Å². The second kappa shape index (κ2) is 5.61. The topological polar surface area (TPSA) is 66.8 Å². The molecule has 0 aliphatic carbocycles. The quantitative estimate of drug-likeness (QED) is 0.748. The highest BCUT2D eigenvalue weighted by Gasteiger charge is 2.17. The van der Waals surface area contributed by atoms with Gasteiger partial charge in [-0.25, -0.2) is 9.18 Å². The van der Waals surface area contributed by atoms with E-state index >= 15 is 0 Å². The minimum atomic E-state index is -1.26. The van der Waals surface area contributed by atoms with E-state index in [2.05, 4.69) is 0 Å². The van der Waals surface area contributed by atoms with Gasteiger partial charge in [-0.2, -0.15) is 0 Å². The van der Waals surface area contributed by atoms with Crippen LogP contribution >= 0.6 is 0 Å². The second-order valence-corrected chi connectivity index (χ2v) is 5.13. The summed E-state index contributed by atoms with van der Waals surface area (Å²) in [6, 6.07) is 12.1. The second-order valence-electron chi connectivity index (χ2n) is 5.13. The van der Waals surface area contributed by atoms with Crippen LogP contribution < -0.4 is 4.74 Å². The molecule has 2 N–H and O–H groups in total. The molecule has 3 rings (SSSR count). The van der Waals surface area contributed by atoms with Crippen molar-refractivity contribution in [3.63, 3.8) is 0 Å². The summed E-state index contributed by atoms with van der Waals surface area (Å²) >= 11 is 0. The van der Waals surface area contributed by atoms with Crippen LogP contribution in [0.5, 0.6) is 17.2 Å². The van der Waals surface area contributed by atoms with E-state index in [1.165, 1.54) is 24.3 Å². The maximum atomic E-state index is 13.2. The van der Waals surface area contributed by atoms with Crippen LogP contribution in [0.3, 0.4) is 0 Å². The summed E-state index contributed by atoms with van der Waals surface area (Å²) in [7, 11) is 0. The highest BCUT2D eigenvalue weighted by molar-refractivity contribution is 6.03. The van der Waals surface area contributed by atoms with Gasteiger partial charge in [-0.05, 0) is 36.8 Å². The smallest absolute Gasteiger partial charge is 0.339 e. The lowest BCUT2D eigenvalue weighted by atomic mass is 10.0. The number of aromatic carboxylic acids is 1. The molecule has 0 amide bonds. The molecule has 5 heteroatoms. The summed E-state index contributed by atoms with van der Waals surface area (Å²) in [5.41, 5.74) is 0.331. The minimum absolute atomic E-state index is 0.251. The average molecular weight is 312 g/mol. The molecule has 3 aromatic carbocycles. The number of phenols is 1. The van der Waals surface area contributed by atoms with Crippen LogP contribution in [0.15, 0.2) is 48.5 Å². The third-order valence-corrected chi connectivity index (χ3v) is 3.57. The van der Waals surface area contributed by atoms with Crippen molar-refractivity contribution in [2.24, 2.45) is 0 Å². The summed E-state index contributed by atoms with van der Waals surface area (Å²) in [6.07, 6.45) is 0. The number of aryl methyl sites for hydroxylation is 1. The summed E-state index contributed by atoms with van der Waals surface area (Å²) in [4.78, 5) is 11.3. The lowest BCUT2D eigenvalue weighted by Gasteiger charge is -2.13. The Bertz CT molecular complexity index is 918. The molecule has 0 radical (unpaired) electrons. The molecule has 23 heavy (non-hydrogen) atoms. The van der Waals surface area contributed by atoms with Crippen LogP contribution in [0.1, 0.15) is 15.9 Å². The molecule has 0 atom stereocenters. The number of hydrogen-bond acceptors (Lipinski definition) is 3. The number of ether oxygens (including phenoxy) is 1. The van der Waals surface area contributed by atoms with Crippen LogP contribution in [0.25, 0.3) is 10.8 Å². The van der Waals surface area contributed by atoms with E-state index < -0.39 is 5.97 Å². The third-order valence-electron chi connectivity index (χ3n) is 3.57. The molecule has 0 bridgehead atoms. The summed E-state index contributed by atoms with van der Waals surface area (Å²) in [6.45, 7) is 1.69. The molecule has 3 aromatic rings. The number of carboxylic acids is 1. The Hall–Kier alpha value is -3.08. The number of fused-ring (bicyclic) bond motifs is 1. The molecule has 0 fully saturated rings. The SMILES string of the molecule is Cc1cc(F)ccc1Oc1cc(C(=O)O)c(O)c2ccccc12.